The summed E-state index contributed by atoms with van der Waals surface area (Å²) < 4.78 is 10.6. The molecule has 1 unspecified atom stereocenters. The minimum atomic E-state index is 0.216. The normalized spacial score (nSPS) is 14.1. The molecule has 110 valence electrons. The standard InChI is InChI=1S/C17H19NO3/c1-2-14(12-6-4-3-5-7-12)18-10-13-8-16-17(9-15(13)19)21-11-20-16/h3-9,14,18-19H,2,10-11H2,1H3. The highest BCUT2D eigenvalue weighted by Gasteiger charge is 2.17. The summed E-state index contributed by atoms with van der Waals surface area (Å²) in [7, 11) is 0. The topological polar surface area (TPSA) is 50.7 Å². The zero-order valence-corrected chi connectivity index (χ0v) is 12.0. The van der Waals surface area contributed by atoms with Gasteiger partial charge >= 0.3 is 0 Å². The van der Waals surface area contributed by atoms with E-state index < -0.39 is 0 Å². The summed E-state index contributed by atoms with van der Waals surface area (Å²) in [6, 6.07) is 14.0. The minimum absolute atomic E-state index is 0.216. The van der Waals surface area contributed by atoms with Gasteiger partial charge in [-0.15, -0.1) is 0 Å². The summed E-state index contributed by atoms with van der Waals surface area (Å²) in [4.78, 5) is 0. The predicted octanol–water partition coefficient (Wildman–Crippen LogP) is 3.36. The van der Waals surface area contributed by atoms with Crippen molar-refractivity contribution in [2.45, 2.75) is 25.9 Å². The molecule has 2 N–H and O–H groups in total. The molecule has 21 heavy (non-hydrogen) atoms. The number of phenols is 1. The van der Waals surface area contributed by atoms with Crippen molar-refractivity contribution >= 4 is 0 Å². The van der Waals surface area contributed by atoms with Crippen molar-refractivity contribution in [2.24, 2.45) is 0 Å². The Bertz CT molecular complexity index is 613. The molecule has 0 saturated carbocycles. The molecule has 0 bridgehead atoms. The van der Waals surface area contributed by atoms with Crippen molar-refractivity contribution < 1.29 is 14.6 Å². The van der Waals surface area contributed by atoms with Crippen LogP contribution in [0.3, 0.4) is 0 Å². The van der Waals surface area contributed by atoms with E-state index in [9.17, 15) is 5.11 Å². The summed E-state index contributed by atoms with van der Waals surface area (Å²) in [6.07, 6.45) is 0.981. The number of rotatable bonds is 5. The molecule has 0 spiro atoms. The zero-order chi connectivity index (χ0) is 14.7. The lowest BCUT2D eigenvalue weighted by Crippen LogP contribution is -2.20. The zero-order valence-electron chi connectivity index (χ0n) is 12.0. The van der Waals surface area contributed by atoms with Gasteiger partial charge in [0.05, 0.1) is 0 Å². The van der Waals surface area contributed by atoms with Gasteiger partial charge in [0.2, 0.25) is 6.79 Å². The molecule has 0 aromatic heterocycles. The molecule has 1 atom stereocenters. The fraction of sp³-hybridized carbons (Fsp3) is 0.294. The Morgan fingerprint density at radius 2 is 1.86 bits per heavy atom. The highest BCUT2D eigenvalue weighted by atomic mass is 16.7. The van der Waals surface area contributed by atoms with E-state index in [1.165, 1.54) is 5.56 Å². The molecule has 0 fully saturated rings. The van der Waals surface area contributed by atoms with Crippen molar-refractivity contribution in [3.05, 3.63) is 53.6 Å². The molecule has 1 aliphatic rings. The molecule has 0 saturated heterocycles. The summed E-state index contributed by atoms with van der Waals surface area (Å²) in [5.74, 6) is 1.53. The molecular weight excluding hydrogens is 266 g/mol. The van der Waals surface area contributed by atoms with Crippen LogP contribution in [0.2, 0.25) is 0 Å². The number of phenolic OH excluding ortho intramolecular Hbond substituents is 1. The quantitative estimate of drug-likeness (QED) is 0.884. The van der Waals surface area contributed by atoms with E-state index in [4.69, 9.17) is 9.47 Å². The average Bonchev–Trinajstić information content (AvgIpc) is 2.96. The molecule has 0 amide bonds. The molecule has 1 heterocycles. The number of ether oxygens (including phenoxy) is 2. The van der Waals surface area contributed by atoms with Crippen molar-refractivity contribution in [1.29, 1.82) is 0 Å². The van der Waals surface area contributed by atoms with Gasteiger partial charge in [-0.25, -0.2) is 0 Å². The Kier molecular flexibility index (Phi) is 3.97. The lowest BCUT2D eigenvalue weighted by atomic mass is 10.0. The fourth-order valence-corrected chi connectivity index (χ4v) is 2.53. The molecule has 4 heteroatoms. The molecule has 2 aromatic carbocycles. The number of nitrogens with one attached hydrogen (secondary N) is 1. The van der Waals surface area contributed by atoms with Crippen molar-refractivity contribution in [3.63, 3.8) is 0 Å². The van der Waals surface area contributed by atoms with E-state index in [0.717, 1.165) is 12.0 Å². The van der Waals surface area contributed by atoms with Crippen LogP contribution in [0, 0.1) is 0 Å². The second-order valence-corrected chi connectivity index (χ2v) is 5.09. The Morgan fingerprint density at radius 3 is 2.57 bits per heavy atom. The average molecular weight is 285 g/mol. The third kappa shape index (κ3) is 2.95. The van der Waals surface area contributed by atoms with E-state index in [1.54, 1.807) is 6.07 Å². The minimum Gasteiger partial charge on any atom is -0.507 e. The van der Waals surface area contributed by atoms with Crippen LogP contribution in [0.5, 0.6) is 17.2 Å². The fourth-order valence-electron chi connectivity index (χ4n) is 2.53. The Balaban J connectivity index is 1.72. The second-order valence-electron chi connectivity index (χ2n) is 5.09. The van der Waals surface area contributed by atoms with Crippen LogP contribution in [0.25, 0.3) is 0 Å². The van der Waals surface area contributed by atoms with Crippen LogP contribution < -0.4 is 14.8 Å². The van der Waals surface area contributed by atoms with Crippen LogP contribution in [0.4, 0.5) is 0 Å². The summed E-state index contributed by atoms with van der Waals surface area (Å²) in [5.41, 5.74) is 2.06. The molecule has 0 radical (unpaired) electrons. The van der Waals surface area contributed by atoms with E-state index in [0.29, 0.717) is 18.0 Å². The number of aromatic hydroxyl groups is 1. The van der Waals surface area contributed by atoms with E-state index >= 15 is 0 Å². The van der Waals surface area contributed by atoms with Crippen LogP contribution in [-0.4, -0.2) is 11.9 Å². The van der Waals surface area contributed by atoms with Gasteiger partial charge in [-0.05, 0) is 18.1 Å². The first-order valence-corrected chi connectivity index (χ1v) is 7.17. The van der Waals surface area contributed by atoms with Gasteiger partial charge in [0.1, 0.15) is 5.75 Å². The summed E-state index contributed by atoms with van der Waals surface area (Å²) in [6.45, 7) is 2.94. The Hall–Kier alpha value is -2.20. The van der Waals surface area contributed by atoms with E-state index in [2.05, 4.69) is 24.4 Å². The highest BCUT2D eigenvalue weighted by Crippen LogP contribution is 2.37. The van der Waals surface area contributed by atoms with Gasteiger partial charge in [0, 0.05) is 24.2 Å². The van der Waals surface area contributed by atoms with Crippen LogP contribution in [-0.2, 0) is 6.54 Å². The van der Waals surface area contributed by atoms with Gasteiger partial charge in [0.15, 0.2) is 11.5 Å². The smallest absolute Gasteiger partial charge is 0.231 e. The largest absolute Gasteiger partial charge is 0.507 e. The van der Waals surface area contributed by atoms with Crippen LogP contribution >= 0.6 is 0 Å². The molecule has 2 aromatic rings. The van der Waals surface area contributed by atoms with Gasteiger partial charge < -0.3 is 19.9 Å². The van der Waals surface area contributed by atoms with Gasteiger partial charge in [-0.1, -0.05) is 37.3 Å². The van der Waals surface area contributed by atoms with Crippen molar-refractivity contribution in [3.8, 4) is 17.2 Å². The first-order chi connectivity index (χ1) is 10.3. The lowest BCUT2D eigenvalue weighted by Gasteiger charge is -2.18. The maximum Gasteiger partial charge on any atom is 0.231 e. The number of benzene rings is 2. The Labute approximate surface area is 124 Å². The first-order valence-electron chi connectivity index (χ1n) is 7.17. The molecule has 0 aliphatic carbocycles. The lowest BCUT2D eigenvalue weighted by molar-refractivity contribution is 0.174. The summed E-state index contributed by atoms with van der Waals surface area (Å²) >= 11 is 0. The second kappa shape index (κ2) is 6.06. The van der Waals surface area contributed by atoms with Gasteiger partial charge in [-0.2, -0.15) is 0 Å². The SMILES string of the molecule is CCC(NCc1cc2c(cc1O)OCO2)c1ccccc1. The van der Waals surface area contributed by atoms with Gasteiger partial charge in [-0.3, -0.25) is 0 Å². The molecular formula is C17H19NO3. The van der Waals surface area contributed by atoms with Crippen molar-refractivity contribution in [1.82, 2.24) is 5.32 Å². The first kappa shape index (κ1) is 13.8. The molecule has 4 nitrogen and oxygen atoms in total. The maximum atomic E-state index is 10.1. The van der Waals surface area contributed by atoms with E-state index in [-0.39, 0.29) is 18.6 Å². The molecule has 3 rings (SSSR count). The van der Waals surface area contributed by atoms with E-state index in [1.807, 2.05) is 24.3 Å². The van der Waals surface area contributed by atoms with Gasteiger partial charge in [0.25, 0.3) is 0 Å². The predicted molar refractivity (Wildman–Crippen MR) is 80.5 cm³/mol. The highest BCUT2D eigenvalue weighted by molar-refractivity contribution is 5.51. The number of fused-ring (bicyclic) bond motifs is 1. The Morgan fingerprint density at radius 1 is 1.14 bits per heavy atom. The monoisotopic (exact) mass is 285 g/mol. The summed E-state index contributed by atoms with van der Waals surface area (Å²) in [5, 5.41) is 13.5. The third-order valence-electron chi connectivity index (χ3n) is 3.72. The van der Waals surface area contributed by atoms with Crippen molar-refractivity contribution in [2.75, 3.05) is 6.79 Å². The third-order valence-corrected chi connectivity index (χ3v) is 3.72. The number of hydrogen-bond acceptors (Lipinski definition) is 4. The molecule has 1 aliphatic heterocycles. The number of hydrogen-bond donors (Lipinski definition) is 2. The van der Waals surface area contributed by atoms with Crippen LogP contribution in [0.15, 0.2) is 42.5 Å². The maximum absolute atomic E-state index is 10.1. The van der Waals surface area contributed by atoms with Crippen LogP contribution in [0.1, 0.15) is 30.5 Å².